The van der Waals surface area contributed by atoms with Gasteiger partial charge in [-0.25, -0.2) is 0 Å². The van der Waals surface area contributed by atoms with Crippen LogP contribution >= 0.6 is 11.8 Å². The Morgan fingerprint density at radius 3 is 2.82 bits per heavy atom. The van der Waals surface area contributed by atoms with Crippen LogP contribution in [0.25, 0.3) is 21.7 Å². The maximum absolute atomic E-state index is 12.8. The maximum atomic E-state index is 12.8. The van der Waals surface area contributed by atoms with Crippen LogP contribution in [0.4, 0.5) is 0 Å². The summed E-state index contributed by atoms with van der Waals surface area (Å²) >= 11 is 1.77. The van der Waals surface area contributed by atoms with Gasteiger partial charge in [-0.05, 0) is 40.6 Å². The van der Waals surface area contributed by atoms with Crippen molar-refractivity contribution in [2.45, 2.75) is 5.92 Å². The van der Waals surface area contributed by atoms with E-state index in [9.17, 15) is 9.90 Å². The third-order valence-corrected chi connectivity index (χ3v) is 4.90. The van der Waals surface area contributed by atoms with Gasteiger partial charge in [-0.2, -0.15) is 0 Å². The smallest absolute Gasteiger partial charge is 0.195 e. The number of pyridine rings is 1. The second-order valence-electron chi connectivity index (χ2n) is 5.40. The molecule has 108 valence electrons. The van der Waals surface area contributed by atoms with Crippen molar-refractivity contribution in [2.24, 2.45) is 0 Å². The number of thioether (sulfide) groups is 1. The predicted molar refractivity (Wildman–Crippen MR) is 91.5 cm³/mol. The van der Waals surface area contributed by atoms with E-state index in [0.717, 1.165) is 16.7 Å². The fraction of sp³-hybridized carbons (Fsp3) is 0.111. The molecule has 1 aliphatic heterocycles. The Morgan fingerprint density at radius 2 is 2.00 bits per heavy atom. The Balaban J connectivity index is 2.06. The van der Waals surface area contributed by atoms with Gasteiger partial charge in [0.2, 0.25) is 0 Å². The molecular formula is C18H13NO2S. The summed E-state index contributed by atoms with van der Waals surface area (Å²) in [6.07, 6.45) is 4.00. The zero-order valence-corrected chi connectivity index (χ0v) is 12.5. The van der Waals surface area contributed by atoms with Gasteiger partial charge in [0.25, 0.3) is 0 Å². The molecule has 0 bridgehead atoms. The average molecular weight is 307 g/mol. The van der Waals surface area contributed by atoms with E-state index in [1.807, 2.05) is 24.4 Å². The number of phenols is 1. The molecule has 0 saturated carbocycles. The van der Waals surface area contributed by atoms with Gasteiger partial charge in [-0.15, -0.1) is 11.8 Å². The topological polar surface area (TPSA) is 50.2 Å². The SMILES string of the molecule is O=c1c2cc(O)ccc2ccc2ncc(C3C=CSC3)cc12. The van der Waals surface area contributed by atoms with Crippen LogP contribution in [0.15, 0.2) is 58.9 Å². The number of rotatable bonds is 1. The minimum absolute atomic E-state index is 0.0881. The van der Waals surface area contributed by atoms with Crippen LogP contribution in [0.3, 0.4) is 0 Å². The lowest BCUT2D eigenvalue weighted by atomic mass is 10.0. The zero-order valence-electron chi connectivity index (χ0n) is 11.7. The van der Waals surface area contributed by atoms with Gasteiger partial charge < -0.3 is 5.11 Å². The quantitative estimate of drug-likeness (QED) is 0.743. The highest BCUT2D eigenvalue weighted by Crippen LogP contribution is 2.30. The molecule has 0 amide bonds. The van der Waals surface area contributed by atoms with Gasteiger partial charge in [0.1, 0.15) is 5.75 Å². The molecule has 1 aromatic heterocycles. The Labute approximate surface area is 131 Å². The normalized spacial score (nSPS) is 17.4. The highest BCUT2D eigenvalue weighted by molar-refractivity contribution is 8.02. The van der Waals surface area contributed by atoms with Crippen molar-refractivity contribution >= 4 is 33.4 Å². The third-order valence-electron chi connectivity index (χ3n) is 4.00. The molecule has 1 atom stereocenters. The Bertz CT molecular complexity index is 982. The second-order valence-corrected chi connectivity index (χ2v) is 6.34. The summed E-state index contributed by atoms with van der Waals surface area (Å²) in [6.45, 7) is 0. The van der Waals surface area contributed by atoms with Gasteiger partial charge in [-0.3, -0.25) is 9.78 Å². The van der Waals surface area contributed by atoms with Gasteiger partial charge in [0, 0.05) is 28.6 Å². The number of hydrogen-bond donors (Lipinski definition) is 1. The molecule has 3 nitrogen and oxygen atoms in total. The van der Waals surface area contributed by atoms with Crippen molar-refractivity contribution in [3.05, 3.63) is 69.9 Å². The molecule has 1 aliphatic rings. The van der Waals surface area contributed by atoms with Crippen molar-refractivity contribution in [3.8, 4) is 5.75 Å². The number of allylic oxidation sites excluding steroid dienone is 1. The fourth-order valence-corrected chi connectivity index (χ4v) is 3.70. The molecule has 2 heterocycles. The number of fused-ring (bicyclic) bond motifs is 2. The number of hydrogen-bond acceptors (Lipinski definition) is 4. The number of nitrogens with zero attached hydrogens (tertiary/aromatic N) is 1. The van der Waals surface area contributed by atoms with E-state index in [0.29, 0.717) is 22.2 Å². The standard InChI is InChI=1S/C18H13NO2S/c20-14-3-1-11-2-4-17-16(18(21)15(11)8-14)7-13(9-19-17)12-5-6-22-10-12/h1-9,12,20H,10H2. The first-order chi connectivity index (χ1) is 10.7. The third kappa shape index (κ3) is 2.16. The van der Waals surface area contributed by atoms with Gasteiger partial charge in [0.05, 0.1) is 5.52 Å². The second kappa shape index (κ2) is 5.14. The number of aromatic hydroxyl groups is 1. The van der Waals surface area contributed by atoms with Crippen molar-refractivity contribution in [1.82, 2.24) is 4.98 Å². The molecule has 0 aliphatic carbocycles. The van der Waals surface area contributed by atoms with E-state index in [1.54, 1.807) is 23.9 Å². The maximum Gasteiger partial charge on any atom is 0.195 e. The van der Waals surface area contributed by atoms with Crippen molar-refractivity contribution in [1.29, 1.82) is 0 Å². The van der Waals surface area contributed by atoms with E-state index in [2.05, 4.69) is 16.5 Å². The number of phenolic OH excluding ortho intramolecular Hbond substituents is 1. The highest BCUT2D eigenvalue weighted by Gasteiger charge is 2.14. The highest BCUT2D eigenvalue weighted by atomic mass is 32.2. The minimum Gasteiger partial charge on any atom is -0.508 e. The van der Waals surface area contributed by atoms with Crippen molar-refractivity contribution in [3.63, 3.8) is 0 Å². The van der Waals surface area contributed by atoms with Gasteiger partial charge >= 0.3 is 0 Å². The predicted octanol–water partition coefficient (Wildman–Crippen LogP) is 3.80. The molecule has 0 spiro atoms. The van der Waals surface area contributed by atoms with Crippen LogP contribution in [0, 0.1) is 0 Å². The van der Waals surface area contributed by atoms with E-state index in [-0.39, 0.29) is 11.2 Å². The van der Waals surface area contributed by atoms with E-state index in [1.165, 1.54) is 6.07 Å². The van der Waals surface area contributed by atoms with Crippen LogP contribution in [0.2, 0.25) is 0 Å². The largest absolute Gasteiger partial charge is 0.508 e. The Kier molecular flexibility index (Phi) is 3.12. The average Bonchev–Trinajstić information content (AvgIpc) is 3.03. The summed E-state index contributed by atoms with van der Waals surface area (Å²) in [6, 6.07) is 10.5. The molecule has 22 heavy (non-hydrogen) atoms. The number of benzene rings is 1. The summed E-state index contributed by atoms with van der Waals surface area (Å²) < 4.78 is 0. The Hall–Kier alpha value is -2.33. The van der Waals surface area contributed by atoms with Crippen LogP contribution in [0.5, 0.6) is 5.75 Å². The lowest BCUT2D eigenvalue weighted by Crippen LogP contribution is -2.02. The molecular weight excluding hydrogens is 294 g/mol. The Morgan fingerprint density at radius 1 is 1.14 bits per heavy atom. The molecule has 0 fully saturated rings. The van der Waals surface area contributed by atoms with E-state index >= 15 is 0 Å². The van der Waals surface area contributed by atoms with Gasteiger partial charge in [-0.1, -0.05) is 18.2 Å². The van der Waals surface area contributed by atoms with Crippen LogP contribution in [-0.4, -0.2) is 15.8 Å². The molecule has 4 heteroatoms. The first-order valence-corrected chi connectivity index (χ1v) is 8.11. The van der Waals surface area contributed by atoms with Crippen molar-refractivity contribution in [2.75, 3.05) is 5.75 Å². The summed E-state index contributed by atoms with van der Waals surface area (Å²) in [7, 11) is 0. The summed E-state index contributed by atoms with van der Waals surface area (Å²) in [5, 5.41) is 13.7. The fourth-order valence-electron chi connectivity index (χ4n) is 2.78. The lowest BCUT2D eigenvalue weighted by molar-refractivity contribution is 0.476. The monoisotopic (exact) mass is 307 g/mol. The van der Waals surface area contributed by atoms with Crippen LogP contribution in [0.1, 0.15) is 11.5 Å². The molecule has 0 saturated heterocycles. The van der Waals surface area contributed by atoms with Crippen LogP contribution in [-0.2, 0) is 0 Å². The first kappa shape index (κ1) is 13.3. The van der Waals surface area contributed by atoms with Crippen LogP contribution < -0.4 is 5.43 Å². The van der Waals surface area contributed by atoms with E-state index < -0.39 is 0 Å². The van der Waals surface area contributed by atoms with Crippen molar-refractivity contribution < 1.29 is 5.11 Å². The molecule has 1 N–H and O–H groups in total. The lowest BCUT2D eigenvalue weighted by Gasteiger charge is -2.06. The summed E-state index contributed by atoms with van der Waals surface area (Å²) in [5.41, 5.74) is 1.65. The first-order valence-electron chi connectivity index (χ1n) is 7.06. The summed E-state index contributed by atoms with van der Waals surface area (Å²) in [5.74, 6) is 1.40. The summed E-state index contributed by atoms with van der Waals surface area (Å²) in [4.78, 5) is 17.3. The molecule has 4 rings (SSSR count). The molecule has 1 unspecified atom stereocenters. The minimum atomic E-state index is -0.0881. The molecule has 0 radical (unpaired) electrons. The molecule has 2 aromatic carbocycles. The molecule has 3 aromatic rings. The van der Waals surface area contributed by atoms with E-state index in [4.69, 9.17) is 0 Å². The number of aromatic nitrogens is 1. The van der Waals surface area contributed by atoms with Gasteiger partial charge in [0.15, 0.2) is 5.43 Å². The zero-order chi connectivity index (χ0) is 15.1.